The molecule has 0 fully saturated rings. The number of phenolic OH excluding ortho intramolecular Hbond substituents is 1. The zero-order valence-corrected chi connectivity index (χ0v) is 34.7. The SMILES string of the molecule is C[C@H](NC(=O)[C@@H](N)Cc1ccc(O)cc1)C(=O)N[C@H](C(=O)N[C@@H](CO)C(=O)N[C@@H](Cc1ccccc1)C(=O)N[C@@H](Cc1ccccc1)C(=O)N[C@@H](CCCCN)C(=O)O)[C@@H](C)O. The number of phenols is 1. The summed E-state index contributed by atoms with van der Waals surface area (Å²) >= 11 is 0. The second-order valence-corrected chi connectivity index (χ2v) is 14.9. The number of nitrogens with one attached hydrogen (secondary N) is 6. The number of amides is 6. The molecule has 0 bridgehead atoms. The lowest BCUT2D eigenvalue weighted by Crippen LogP contribution is -2.62. The van der Waals surface area contributed by atoms with E-state index >= 15 is 0 Å². The zero-order valence-electron chi connectivity index (χ0n) is 34.7. The van der Waals surface area contributed by atoms with Crippen LogP contribution in [0, 0.1) is 0 Å². The number of nitrogens with two attached hydrogens (primary N) is 2. The Labute approximate surface area is 359 Å². The molecule has 0 unspecified atom stereocenters. The van der Waals surface area contributed by atoms with Gasteiger partial charge in [-0.1, -0.05) is 72.8 Å². The molecule has 0 heterocycles. The number of carbonyl (C=O) groups excluding carboxylic acids is 6. The highest BCUT2D eigenvalue weighted by Gasteiger charge is 2.34. The van der Waals surface area contributed by atoms with Crippen molar-refractivity contribution in [3.8, 4) is 5.75 Å². The molecule has 3 rings (SSSR count). The molecule has 8 atom stereocenters. The Hall–Kier alpha value is -6.41. The second kappa shape index (κ2) is 25.4. The predicted octanol–water partition coefficient (Wildman–Crippen LogP) is -1.74. The van der Waals surface area contributed by atoms with Crippen LogP contribution in [0.15, 0.2) is 84.9 Å². The number of rotatable bonds is 25. The van der Waals surface area contributed by atoms with E-state index in [1.54, 1.807) is 72.8 Å². The van der Waals surface area contributed by atoms with Gasteiger partial charge in [0.1, 0.15) is 42.0 Å². The number of carboxylic acids is 1. The number of carbonyl (C=O) groups is 7. The van der Waals surface area contributed by atoms with E-state index in [9.17, 15) is 54.0 Å². The summed E-state index contributed by atoms with van der Waals surface area (Å²) in [5.74, 6) is -6.58. The minimum absolute atomic E-state index is 0.0329. The third-order valence-electron chi connectivity index (χ3n) is 9.75. The molecule has 6 amide bonds. The van der Waals surface area contributed by atoms with Gasteiger partial charge < -0.3 is 63.8 Å². The topological polar surface area (TPSA) is 325 Å². The summed E-state index contributed by atoms with van der Waals surface area (Å²) in [6.07, 6.45) is -0.550. The van der Waals surface area contributed by atoms with Crippen LogP contribution >= 0.6 is 0 Å². The maximum absolute atomic E-state index is 14.0. The molecule has 0 radical (unpaired) electrons. The maximum Gasteiger partial charge on any atom is 0.326 e. The summed E-state index contributed by atoms with van der Waals surface area (Å²) in [6.45, 7) is 1.86. The predicted molar refractivity (Wildman–Crippen MR) is 227 cm³/mol. The van der Waals surface area contributed by atoms with Crippen LogP contribution in [0.3, 0.4) is 0 Å². The molecular weight excluding hydrogens is 805 g/mol. The minimum atomic E-state index is -1.71. The van der Waals surface area contributed by atoms with Gasteiger partial charge in [0.2, 0.25) is 35.4 Å². The molecule has 0 saturated heterocycles. The Morgan fingerprint density at radius 2 is 1.03 bits per heavy atom. The summed E-state index contributed by atoms with van der Waals surface area (Å²) in [6, 6.07) is 13.5. The fourth-order valence-electron chi connectivity index (χ4n) is 6.19. The van der Waals surface area contributed by atoms with E-state index in [0.717, 1.165) is 0 Å². The third kappa shape index (κ3) is 16.6. The summed E-state index contributed by atoms with van der Waals surface area (Å²) in [7, 11) is 0. The monoisotopic (exact) mass is 862 g/mol. The van der Waals surface area contributed by atoms with Gasteiger partial charge in [-0.05, 0) is 74.9 Å². The number of carboxylic acid groups (broad SMARTS) is 1. The maximum atomic E-state index is 14.0. The highest BCUT2D eigenvalue weighted by atomic mass is 16.4. The van der Waals surface area contributed by atoms with E-state index in [-0.39, 0.29) is 31.4 Å². The Balaban J connectivity index is 1.75. The van der Waals surface area contributed by atoms with E-state index in [2.05, 4.69) is 31.9 Å². The molecule has 3 aromatic carbocycles. The Morgan fingerprint density at radius 1 is 0.565 bits per heavy atom. The van der Waals surface area contributed by atoms with Crippen LogP contribution in [0.25, 0.3) is 0 Å². The van der Waals surface area contributed by atoms with Gasteiger partial charge in [-0.2, -0.15) is 0 Å². The molecule has 62 heavy (non-hydrogen) atoms. The van der Waals surface area contributed by atoms with E-state index < -0.39 is 96.4 Å². The smallest absolute Gasteiger partial charge is 0.326 e. The molecule has 19 heteroatoms. The Morgan fingerprint density at radius 3 is 1.50 bits per heavy atom. The molecule has 0 saturated carbocycles. The van der Waals surface area contributed by atoms with Crippen LogP contribution in [0.4, 0.5) is 0 Å². The molecular formula is C43H58N8O11. The number of aliphatic hydroxyl groups is 2. The molecule has 0 aliphatic rings. The van der Waals surface area contributed by atoms with Gasteiger partial charge in [0.05, 0.1) is 18.8 Å². The summed E-state index contributed by atoms with van der Waals surface area (Å²) in [5.41, 5.74) is 13.4. The standard InChI is InChI=1S/C43H58N8O11/c1-25(46-38(56)31(45)21-29-16-18-30(54)19-17-29)37(55)51-36(26(2)53)42(60)50-35(24-52)41(59)49-34(23-28-13-7-4-8-14-28)40(58)48-33(22-27-11-5-3-6-12-27)39(57)47-32(43(61)62)15-9-10-20-44/h3-8,11-14,16-19,25-26,31-36,52-54H,9-10,15,20-24,44-45H2,1-2H3,(H,46,56)(H,47,57)(H,48,58)(H,49,59)(H,50,60)(H,51,55)(H,61,62)/t25-,26+,31-,32-,33-,34-,35-,36-/m0/s1. The van der Waals surface area contributed by atoms with E-state index in [4.69, 9.17) is 11.5 Å². The van der Waals surface area contributed by atoms with Gasteiger partial charge in [-0.3, -0.25) is 28.8 Å². The average molecular weight is 863 g/mol. The first-order valence-corrected chi connectivity index (χ1v) is 20.2. The fraction of sp³-hybridized carbons (Fsp3) is 0.419. The lowest BCUT2D eigenvalue weighted by molar-refractivity contribution is -0.142. The van der Waals surface area contributed by atoms with Crippen molar-refractivity contribution in [3.05, 3.63) is 102 Å². The molecule has 0 spiro atoms. The van der Waals surface area contributed by atoms with Crippen molar-refractivity contribution in [3.63, 3.8) is 0 Å². The average Bonchev–Trinajstić information content (AvgIpc) is 3.24. The summed E-state index contributed by atoms with van der Waals surface area (Å²) in [5, 5.41) is 54.7. The largest absolute Gasteiger partial charge is 0.508 e. The van der Waals surface area contributed by atoms with Crippen LogP contribution in [0.2, 0.25) is 0 Å². The molecule has 14 N–H and O–H groups in total. The minimum Gasteiger partial charge on any atom is -0.508 e. The van der Waals surface area contributed by atoms with Crippen molar-refractivity contribution >= 4 is 41.4 Å². The highest BCUT2D eigenvalue weighted by Crippen LogP contribution is 2.12. The van der Waals surface area contributed by atoms with Crippen molar-refractivity contribution in [2.24, 2.45) is 11.5 Å². The normalized spacial score (nSPS) is 14.9. The van der Waals surface area contributed by atoms with Crippen molar-refractivity contribution in [2.75, 3.05) is 13.2 Å². The van der Waals surface area contributed by atoms with E-state index in [0.29, 0.717) is 36.1 Å². The van der Waals surface area contributed by atoms with Crippen LogP contribution < -0.4 is 43.4 Å². The van der Waals surface area contributed by atoms with Gasteiger partial charge in [-0.25, -0.2) is 4.79 Å². The number of hydrogen-bond acceptors (Lipinski definition) is 12. The van der Waals surface area contributed by atoms with Crippen LogP contribution in [0.1, 0.15) is 49.8 Å². The molecule has 0 aliphatic heterocycles. The number of hydrogen-bond donors (Lipinski definition) is 12. The quantitative estimate of drug-likeness (QED) is 0.0422. The number of aliphatic hydroxyl groups excluding tert-OH is 2. The Kier molecular flexibility index (Phi) is 20.4. The van der Waals surface area contributed by atoms with Crippen LogP contribution in [0.5, 0.6) is 5.75 Å². The molecule has 0 aliphatic carbocycles. The van der Waals surface area contributed by atoms with Gasteiger partial charge in [0.15, 0.2) is 0 Å². The first kappa shape index (κ1) is 49.9. The first-order chi connectivity index (χ1) is 29.5. The molecule has 3 aromatic rings. The highest BCUT2D eigenvalue weighted by molar-refractivity contribution is 5.97. The number of unbranched alkanes of at least 4 members (excludes halogenated alkanes) is 1. The van der Waals surface area contributed by atoms with Gasteiger partial charge >= 0.3 is 5.97 Å². The number of aromatic hydroxyl groups is 1. The lowest BCUT2D eigenvalue weighted by Gasteiger charge is -2.27. The first-order valence-electron chi connectivity index (χ1n) is 20.2. The van der Waals surface area contributed by atoms with E-state index in [1.807, 2.05) is 0 Å². The van der Waals surface area contributed by atoms with Crippen molar-refractivity contribution in [1.29, 1.82) is 0 Å². The second-order valence-electron chi connectivity index (χ2n) is 14.9. The fourth-order valence-corrected chi connectivity index (χ4v) is 6.19. The summed E-state index contributed by atoms with van der Waals surface area (Å²) < 4.78 is 0. The lowest BCUT2D eigenvalue weighted by atomic mass is 10.0. The van der Waals surface area contributed by atoms with E-state index in [1.165, 1.54) is 26.0 Å². The number of aliphatic carboxylic acids is 1. The van der Waals surface area contributed by atoms with Crippen molar-refractivity contribution < 1.29 is 54.0 Å². The van der Waals surface area contributed by atoms with Gasteiger partial charge in [-0.15, -0.1) is 0 Å². The van der Waals surface area contributed by atoms with Crippen LogP contribution in [-0.2, 0) is 52.8 Å². The molecule has 0 aromatic heterocycles. The van der Waals surface area contributed by atoms with Crippen molar-refractivity contribution in [2.45, 2.75) is 101 Å². The third-order valence-corrected chi connectivity index (χ3v) is 9.75. The molecule has 336 valence electrons. The zero-order chi connectivity index (χ0) is 45.8. The van der Waals surface area contributed by atoms with Gasteiger partial charge in [0.25, 0.3) is 0 Å². The van der Waals surface area contributed by atoms with Crippen LogP contribution in [-0.4, -0.2) is 123 Å². The summed E-state index contributed by atoms with van der Waals surface area (Å²) in [4.78, 5) is 92.6. The number of benzene rings is 3. The molecule has 19 nitrogen and oxygen atoms in total. The van der Waals surface area contributed by atoms with Crippen molar-refractivity contribution in [1.82, 2.24) is 31.9 Å². The van der Waals surface area contributed by atoms with Gasteiger partial charge in [0, 0.05) is 12.8 Å². The Bertz CT molecular complexity index is 1940.